The maximum Gasteiger partial charge on any atom is 0.326 e. The molecule has 1 heterocycles. The van der Waals surface area contributed by atoms with Gasteiger partial charge in [-0.25, -0.2) is 4.79 Å². The first-order chi connectivity index (χ1) is 7.88. The van der Waals surface area contributed by atoms with Gasteiger partial charge >= 0.3 is 5.97 Å². The van der Waals surface area contributed by atoms with E-state index in [-0.39, 0.29) is 5.41 Å². The molecule has 0 amide bonds. The average Bonchev–Trinajstić information content (AvgIpc) is 2.26. The van der Waals surface area contributed by atoms with Gasteiger partial charge < -0.3 is 10.4 Å². The van der Waals surface area contributed by atoms with Gasteiger partial charge in [0.25, 0.3) is 0 Å². The molecular weight excluding hydrogens is 234 g/mol. The van der Waals surface area contributed by atoms with Crippen LogP contribution in [0, 0.1) is 0 Å². The van der Waals surface area contributed by atoms with E-state index in [9.17, 15) is 4.79 Å². The molecule has 0 spiro atoms. The SMILES string of the molecule is CC(C)(C)c1ccc2c(c1)SCC(C(=O)O)N2. The van der Waals surface area contributed by atoms with Crippen molar-refractivity contribution in [3.05, 3.63) is 23.8 Å². The first kappa shape index (κ1) is 12.3. The van der Waals surface area contributed by atoms with Gasteiger partial charge in [-0.1, -0.05) is 26.8 Å². The number of rotatable bonds is 1. The molecule has 1 unspecified atom stereocenters. The first-order valence-corrected chi connectivity index (χ1v) is 6.63. The number of aliphatic carboxylic acids is 1. The predicted octanol–water partition coefficient (Wildman–Crippen LogP) is 2.95. The van der Waals surface area contributed by atoms with E-state index in [1.165, 1.54) is 5.56 Å². The second-order valence-electron chi connectivity index (χ2n) is 5.31. The molecule has 0 aromatic heterocycles. The molecule has 0 saturated heterocycles. The van der Waals surface area contributed by atoms with Crippen LogP contribution < -0.4 is 5.32 Å². The minimum atomic E-state index is -0.789. The lowest BCUT2D eigenvalue weighted by Crippen LogP contribution is -2.34. The van der Waals surface area contributed by atoms with Gasteiger partial charge in [0.2, 0.25) is 0 Å². The smallest absolute Gasteiger partial charge is 0.326 e. The van der Waals surface area contributed by atoms with Crippen molar-refractivity contribution in [3.63, 3.8) is 0 Å². The summed E-state index contributed by atoms with van der Waals surface area (Å²) in [4.78, 5) is 12.1. The van der Waals surface area contributed by atoms with E-state index >= 15 is 0 Å². The van der Waals surface area contributed by atoms with Gasteiger partial charge in [0.1, 0.15) is 6.04 Å². The number of hydrogen-bond donors (Lipinski definition) is 2. The van der Waals surface area contributed by atoms with Gasteiger partial charge in [-0.3, -0.25) is 0 Å². The molecule has 1 aromatic carbocycles. The normalized spacial score (nSPS) is 19.4. The molecule has 17 heavy (non-hydrogen) atoms. The van der Waals surface area contributed by atoms with Crippen LogP contribution in [0.4, 0.5) is 5.69 Å². The van der Waals surface area contributed by atoms with Crippen molar-refractivity contribution in [2.45, 2.75) is 37.1 Å². The van der Waals surface area contributed by atoms with Gasteiger partial charge in [0.05, 0.1) is 0 Å². The number of carbonyl (C=O) groups is 1. The number of hydrogen-bond acceptors (Lipinski definition) is 3. The Kier molecular flexibility index (Phi) is 3.08. The number of carboxylic acid groups (broad SMARTS) is 1. The lowest BCUT2D eigenvalue weighted by molar-refractivity contribution is -0.137. The lowest BCUT2D eigenvalue weighted by Gasteiger charge is -2.26. The van der Waals surface area contributed by atoms with Crippen LogP contribution in [0.2, 0.25) is 0 Å². The number of carboxylic acids is 1. The zero-order chi connectivity index (χ0) is 12.6. The van der Waals surface area contributed by atoms with Crippen LogP contribution in [0.15, 0.2) is 23.1 Å². The van der Waals surface area contributed by atoms with E-state index in [1.807, 2.05) is 6.07 Å². The molecule has 0 radical (unpaired) electrons. The molecule has 4 heteroatoms. The third-order valence-electron chi connectivity index (χ3n) is 2.88. The summed E-state index contributed by atoms with van der Waals surface area (Å²) in [5, 5.41) is 12.0. The van der Waals surface area contributed by atoms with Crippen LogP contribution in [0.3, 0.4) is 0 Å². The van der Waals surface area contributed by atoms with Crippen molar-refractivity contribution < 1.29 is 9.90 Å². The fourth-order valence-corrected chi connectivity index (χ4v) is 2.83. The fraction of sp³-hybridized carbons (Fsp3) is 0.462. The molecule has 3 nitrogen and oxygen atoms in total. The van der Waals surface area contributed by atoms with E-state index in [0.717, 1.165) is 10.6 Å². The van der Waals surface area contributed by atoms with Gasteiger partial charge in [-0.15, -0.1) is 11.8 Å². The Hall–Kier alpha value is -1.16. The van der Waals surface area contributed by atoms with E-state index in [1.54, 1.807) is 11.8 Å². The summed E-state index contributed by atoms with van der Waals surface area (Å²) in [6.07, 6.45) is 0. The van der Waals surface area contributed by atoms with E-state index in [0.29, 0.717) is 5.75 Å². The highest BCUT2D eigenvalue weighted by Gasteiger charge is 2.25. The zero-order valence-electron chi connectivity index (χ0n) is 10.3. The molecule has 0 bridgehead atoms. The second kappa shape index (κ2) is 4.26. The van der Waals surface area contributed by atoms with Gasteiger partial charge in [-0.2, -0.15) is 0 Å². The summed E-state index contributed by atoms with van der Waals surface area (Å²) >= 11 is 1.61. The van der Waals surface area contributed by atoms with Crippen molar-refractivity contribution in [3.8, 4) is 0 Å². The minimum absolute atomic E-state index is 0.124. The third kappa shape index (κ3) is 2.57. The third-order valence-corrected chi connectivity index (χ3v) is 4.03. The molecule has 1 aromatic rings. The Morgan fingerprint density at radius 1 is 1.47 bits per heavy atom. The number of benzene rings is 1. The summed E-state index contributed by atoms with van der Waals surface area (Å²) in [6, 6.07) is 5.73. The predicted molar refractivity (Wildman–Crippen MR) is 70.9 cm³/mol. The Balaban J connectivity index is 2.29. The molecule has 2 N–H and O–H groups in total. The highest BCUT2D eigenvalue weighted by Crippen LogP contribution is 2.36. The van der Waals surface area contributed by atoms with Crippen molar-refractivity contribution in [1.29, 1.82) is 0 Å². The highest BCUT2D eigenvalue weighted by atomic mass is 32.2. The largest absolute Gasteiger partial charge is 0.480 e. The molecule has 1 atom stereocenters. The van der Waals surface area contributed by atoms with E-state index in [2.05, 4.69) is 38.2 Å². The molecule has 0 fully saturated rings. The molecule has 2 rings (SSSR count). The minimum Gasteiger partial charge on any atom is -0.480 e. The maximum absolute atomic E-state index is 10.9. The molecule has 92 valence electrons. The average molecular weight is 251 g/mol. The van der Waals surface area contributed by atoms with Crippen molar-refractivity contribution in [1.82, 2.24) is 0 Å². The number of anilines is 1. The Labute approximate surface area is 106 Å². The van der Waals surface area contributed by atoms with Crippen molar-refractivity contribution >= 4 is 23.4 Å². The van der Waals surface area contributed by atoms with Gasteiger partial charge in [-0.05, 0) is 23.1 Å². The lowest BCUT2D eigenvalue weighted by atomic mass is 9.87. The molecular formula is C13H17NO2S. The topological polar surface area (TPSA) is 49.3 Å². The van der Waals surface area contributed by atoms with Gasteiger partial charge in [0.15, 0.2) is 0 Å². The Morgan fingerprint density at radius 2 is 2.18 bits per heavy atom. The monoisotopic (exact) mass is 251 g/mol. The van der Waals surface area contributed by atoms with Crippen LogP contribution in [0.5, 0.6) is 0 Å². The number of thioether (sulfide) groups is 1. The number of fused-ring (bicyclic) bond motifs is 1. The number of nitrogens with one attached hydrogen (secondary N) is 1. The molecule has 0 saturated carbocycles. The standard InChI is InChI=1S/C13H17NO2S/c1-13(2,3)8-4-5-9-11(6-8)17-7-10(14-9)12(15)16/h4-6,10,14H,7H2,1-3H3,(H,15,16). The van der Waals surface area contributed by atoms with Crippen LogP contribution in [-0.2, 0) is 10.2 Å². The second-order valence-corrected chi connectivity index (χ2v) is 6.37. The molecule has 0 aliphatic carbocycles. The highest BCUT2D eigenvalue weighted by molar-refractivity contribution is 7.99. The van der Waals surface area contributed by atoms with Crippen LogP contribution in [-0.4, -0.2) is 22.9 Å². The summed E-state index contributed by atoms with van der Waals surface area (Å²) in [6.45, 7) is 6.53. The quantitative estimate of drug-likeness (QED) is 0.805. The Bertz CT molecular complexity index is 451. The maximum atomic E-state index is 10.9. The van der Waals surface area contributed by atoms with Crippen LogP contribution >= 0.6 is 11.8 Å². The summed E-state index contributed by atoms with van der Waals surface area (Å²) in [5.41, 5.74) is 2.33. The van der Waals surface area contributed by atoms with Crippen molar-refractivity contribution in [2.24, 2.45) is 0 Å². The molecule has 1 aliphatic rings. The fourth-order valence-electron chi connectivity index (χ4n) is 1.76. The summed E-state index contributed by atoms with van der Waals surface area (Å²) in [5.74, 6) is -0.210. The molecule has 1 aliphatic heterocycles. The van der Waals surface area contributed by atoms with Gasteiger partial charge in [0, 0.05) is 16.3 Å². The van der Waals surface area contributed by atoms with Crippen molar-refractivity contribution in [2.75, 3.05) is 11.1 Å². The first-order valence-electron chi connectivity index (χ1n) is 5.64. The van der Waals surface area contributed by atoms with Crippen LogP contribution in [0.25, 0.3) is 0 Å². The Morgan fingerprint density at radius 3 is 2.76 bits per heavy atom. The zero-order valence-corrected chi connectivity index (χ0v) is 11.1. The van der Waals surface area contributed by atoms with E-state index in [4.69, 9.17) is 5.11 Å². The summed E-state index contributed by atoms with van der Waals surface area (Å²) < 4.78 is 0. The summed E-state index contributed by atoms with van der Waals surface area (Å²) in [7, 11) is 0. The van der Waals surface area contributed by atoms with Crippen LogP contribution in [0.1, 0.15) is 26.3 Å². The van der Waals surface area contributed by atoms with E-state index < -0.39 is 12.0 Å².